The number of likely N-dealkylation sites (tertiary alicyclic amines) is 1. The minimum atomic E-state index is -0.293. The lowest BCUT2D eigenvalue weighted by Crippen LogP contribution is -2.41. The molecule has 0 aromatic rings. The van der Waals surface area contributed by atoms with E-state index >= 15 is 0 Å². The third-order valence-electron chi connectivity index (χ3n) is 6.99. The van der Waals surface area contributed by atoms with Gasteiger partial charge < -0.3 is 32.5 Å². The molecule has 2 atom stereocenters. The van der Waals surface area contributed by atoms with Crippen LogP contribution in [-0.2, 0) is 0 Å². The van der Waals surface area contributed by atoms with E-state index in [4.69, 9.17) is 11.5 Å². The summed E-state index contributed by atoms with van der Waals surface area (Å²) in [6.45, 7) is 8.84. The van der Waals surface area contributed by atoms with E-state index in [1.807, 2.05) is 0 Å². The lowest BCUT2D eigenvalue weighted by atomic mass is 10.1. The fourth-order valence-electron chi connectivity index (χ4n) is 4.73. The summed E-state index contributed by atoms with van der Waals surface area (Å²) in [6, 6.07) is 0. The highest BCUT2D eigenvalue weighted by atomic mass is 16.3. The highest BCUT2D eigenvalue weighted by Crippen LogP contribution is 2.14. The Bertz CT molecular complexity index is 415. The van der Waals surface area contributed by atoms with Gasteiger partial charge in [0.05, 0.1) is 12.3 Å². The summed E-state index contributed by atoms with van der Waals surface area (Å²) in [6.07, 6.45) is 20.1. The second-order valence-corrected chi connectivity index (χ2v) is 10.3. The molecule has 0 saturated carbocycles. The molecule has 204 valence electrons. The van der Waals surface area contributed by atoms with Crippen molar-refractivity contribution in [1.29, 1.82) is 0 Å². The van der Waals surface area contributed by atoms with E-state index in [-0.39, 0.29) is 12.3 Å². The van der Waals surface area contributed by atoms with Crippen LogP contribution in [0.3, 0.4) is 0 Å². The minimum absolute atomic E-state index is 0.285. The maximum atomic E-state index is 10.1. The third kappa shape index (κ3) is 20.0. The first-order valence-electron chi connectivity index (χ1n) is 14.7. The van der Waals surface area contributed by atoms with Crippen molar-refractivity contribution in [3.8, 4) is 0 Å². The standard InChI is InChI=1S/C27H60N6O/c28-17-9-1-2-10-18-30-19-11-3-4-12-20-31-24-26(34)25-32-21-13-5-6-14-22-33-23-15-7-8-16-27(33)29/h26-27,30-32,34H,1-25,28-29H2. The van der Waals surface area contributed by atoms with Crippen molar-refractivity contribution < 1.29 is 5.11 Å². The molecule has 7 nitrogen and oxygen atoms in total. The SMILES string of the molecule is NCCCCCCNCCCCCCNCC(O)CNCCCCCCN1CCCCCC1N. The minimum Gasteiger partial charge on any atom is -0.390 e. The molecule has 0 radical (unpaired) electrons. The number of aliphatic hydroxyl groups excluding tert-OH is 1. The Kier molecular flexibility index (Phi) is 22.8. The Morgan fingerprint density at radius 2 is 1.21 bits per heavy atom. The molecule has 2 unspecified atom stereocenters. The first-order chi connectivity index (χ1) is 16.7. The van der Waals surface area contributed by atoms with Gasteiger partial charge >= 0.3 is 0 Å². The van der Waals surface area contributed by atoms with Crippen molar-refractivity contribution in [2.45, 2.75) is 115 Å². The largest absolute Gasteiger partial charge is 0.390 e. The van der Waals surface area contributed by atoms with Crippen LogP contribution in [0.5, 0.6) is 0 Å². The van der Waals surface area contributed by atoms with Crippen LogP contribution in [0.15, 0.2) is 0 Å². The second-order valence-electron chi connectivity index (χ2n) is 10.3. The van der Waals surface area contributed by atoms with Crippen LogP contribution in [0, 0.1) is 0 Å². The molecule has 0 bridgehead atoms. The first kappa shape index (κ1) is 31.7. The van der Waals surface area contributed by atoms with Crippen molar-refractivity contribution in [2.75, 3.05) is 58.9 Å². The summed E-state index contributed by atoms with van der Waals surface area (Å²) < 4.78 is 0. The van der Waals surface area contributed by atoms with Gasteiger partial charge in [0.1, 0.15) is 0 Å². The second kappa shape index (κ2) is 24.4. The Labute approximate surface area is 211 Å². The summed E-state index contributed by atoms with van der Waals surface area (Å²) in [4.78, 5) is 2.49. The van der Waals surface area contributed by atoms with Crippen molar-refractivity contribution in [3.05, 3.63) is 0 Å². The van der Waals surface area contributed by atoms with Gasteiger partial charge in [-0.3, -0.25) is 4.90 Å². The lowest BCUT2D eigenvalue weighted by Gasteiger charge is -2.26. The zero-order valence-electron chi connectivity index (χ0n) is 22.4. The molecular weight excluding hydrogens is 424 g/mol. The molecule has 8 N–H and O–H groups in total. The van der Waals surface area contributed by atoms with Crippen molar-refractivity contribution in [1.82, 2.24) is 20.9 Å². The molecule has 1 aliphatic rings. The molecule has 1 saturated heterocycles. The molecule has 7 heteroatoms. The molecule has 34 heavy (non-hydrogen) atoms. The van der Waals surface area contributed by atoms with Crippen LogP contribution in [-0.4, -0.2) is 81.2 Å². The summed E-state index contributed by atoms with van der Waals surface area (Å²) in [5.74, 6) is 0. The molecule has 1 fully saturated rings. The number of hydrogen-bond acceptors (Lipinski definition) is 7. The van der Waals surface area contributed by atoms with E-state index in [1.165, 1.54) is 96.4 Å². The van der Waals surface area contributed by atoms with Gasteiger partial charge in [-0.15, -0.1) is 0 Å². The number of nitrogens with one attached hydrogen (secondary N) is 3. The number of hydrogen-bond donors (Lipinski definition) is 6. The molecule has 1 heterocycles. The Hall–Kier alpha value is -0.280. The summed E-state index contributed by atoms with van der Waals surface area (Å²) in [7, 11) is 0. The van der Waals surface area contributed by atoms with Crippen molar-refractivity contribution in [3.63, 3.8) is 0 Å². The van der Waals surface area contributed by atoms with E-state index in [0.717, 1.165) is 52.1 Å². The predicted octanol–water partition coefficient (Wildman–Crippen LogP) is 2.92. The fraction of sp³-hybridized carbons (Fsp3) is 1.00. The van der Waals surface area contributed by atoms with Crippen LogP contribution in [0.25, 0.3) is 0 Å². The maximum Gasteiger partial charge on any atom is 0.0788 e. The number of aliphatic hydroxyl groups is 1. The number of nitrogens with two attached hydrogens (primary N) is 2. The summed E-state index contributed by atoms with van der Waals surface area (Å²) in [5.41, 5.74) is 11.8. The van der Waals surface area contributed by atoms with Crippen LogP contribution in [0.4, 0.5) is 0 Å². The third-order valence-corrected chi connectivity index (χ3v) is 6.99. The molecule has 0 aliphatic carbocycles. The lowest BCUT2D eigenvalue weighted by molar-refractivity contribution is 0.168. The maximum absolute atomic E-state index is 10.1. The summed E-state index contributed by atoms with van der Waals surface area (Å²) >= 11 is 0. The Morgan fingerprint density at radius 3 is 1.79 bits per heavy atom. The molecule has 0 spiro atoms. The van der Waals surface area contributed by atoms with Crippen molar-refractivity contribution in [2.24, 2.45) is 11.5 Å². The molecule has 1 aliphatic heterocycles. The number of unbranched alkanes of at least 4 members (excludes halogenated alkanes) is 9. The van der Waals surface area contributed by atoms with Gasteiger partial charge in [0.25, 0.3) is 0 Å². The van der Waals surface area contributed by atoms with Crippen LogP contribution >= 0.6 is 0 Å². The van der Waals surface area contributed by atoms with Gasteiger partial charge in [0.2, 0.25) is 0 Å². The van der Waals surface area contributed by atoms with E-state index in [9.17, 15) is 5.11 Å². The molecular formula is C27H60N6O. The highest BCUT2D eigenvalue weighted by molar-refractivity contribution is 4.70. The quantitative estimate of drug-likeness (QED) is 0.117. The highest BCUT2D eigenvalue weighted by Gasteiger charge is 2.16. The molecule has 1 rings (SSSR count). The van der Waals surface area contributed by atoms with Gasteiger partial charge in [-0.2, -0.15) is 0 Å². The van der Waals surface area contributed by atoms with Crippen LogP contribution in [0.1, 0.15) is 103 Å². The average Bonchev–Trinajstić information content (AvgIpc) is 3.04. The Morgan fingerprint density at radius 1 is 0.676 bits per heavy atom. The molecule has 0 aromatic heterocycles. The predicted molar refractivity (Wildman–Crippen MR) is 147 cm³/mol. The van der Waals surface area contributed by atoms with Gasteiger partial charge in [0.15, 0.2) is 0 Å². The zero-order chi connectivity index (χ0) is 24.5. The van der Waals surface area contributed by atoms with Crippen LogP contribution in [0.2, 0.25) is 0 Å². The average molecular weight is 485 g/mol. The smallest absolute Gasteiger partial charge is 0.0788 e. The number of rotatable bonds is 24. The van der Waals surface area contributed by atoms with Crippen molar-refractivity contribution >= 4 is 0 Å². The van der Waals surface area contributed by atoms with Gasteiger partial charge in [0, 0.05) is 13.1 Å². The van der Waals surface area contributed by atoms with E-state index in [1.54, 1.807) is 0 Å². The molecule has 0 aromatic carbocycles. The zero-order valence-corrected chi connectivity index (χ0v) is 22.4. The summed E-state index contributed by atoms with van der Waals surface area (Å²) in [5, 5.41) is 20.5. The van der Waals surface area contributed by atoms with E-state index in [0.29, 0.717) is 13.1 Å². The topological polar surface area (TPSA) is 112 Å². The van der Waals surface area contributed by atoms with Gasteiger partial charge in [-0.05, 0) is 97.2 Å². The van der Waals surface area contributed by atoms with E-state index < -0.39 is 0 Å². The Balaban J connectivity index is 1.75. The molecule has 0 amide bonds. The monoisotopic (exact) mass is 484 g/mol. The fourth-order valence-corrected chi connectivity index (χ4v) is 4.73. The van der Waals surface area contributed by atoms with Gasteiger partial charge in [-0.1, -0.05) is 51.4 Å². The van der Waals surface area contributed by atoms with Gasteiger partial charge in [-0.25, -0.2) is 0 Å². The number of nitrogens with zero attached hydrogens (tertiary/aromatic N) is 1. The normalized spacial score (nSPS) is 18.3. The van der Waals surface area contributed by atoms with E-state index in [2.05, 4.69) is 20.9 Å². The first-order valence-corrected chi connectivity index (χ1v) is 14.7. The van der Waals surface area contributed by atoms with Crippen LogP contribution < -0.4 is 27.4 Å².